The van der Waals surface area contributed by atoms with E-state index in [1.807, 2.05) is 36.4 Å². The molecule has 88 valence electrons. The largest absolute Gasteiger partial charge is 0.395 e. The molecular formula is C12H12BrN3O. The number of aliphatic hydroxyl groups is 1. The van der Waals surface area contributed by atoms with Crippen molar-refractivity contribution in [3.63, 3.8) is 0 Å². The van der Waals surface area contributed by atoms with E-state index < -0.39 is 0 Å². The number of aromatic nitrogens is 2. The van der Waals surface area contributed by atoms with E-state index >= 15 is 0 Å². The van der Waals surface area contributed by atoms with Crippen LogP contribution in [0.15, 0.2) is 40.9 Å². The molecule has 0 spiro atoms. The second kappa shape index (κ2) is 5.75. The Hall–Kier alpha value is -1.46. The van der Waals surface area contributed by atoms with Crippen LogP contribution in [0, 0.1) is 0 Å². The van der Waals surface area contributed by atoms with Crippen LogP contribution < -0.4 is 5.32 Å². The maximum atomic E-state index is 8.68. The summed E-state index contributed by atoms with van der Waals surface area (Å²) in [4.78, 5) is 0. The van der Waals surface area contributed by atoms with Crippen LogP contribution in [0.2, 0.25) is 0 Å². The number of benzene rings is 1. The summed E-state index contributed by atoms with van der Waals surface area (Å²) in [6.45, 7) is 0.552. The van der Waals surface area contributed by atoms with Gasteiger partial charge in [0, 0.05) is 16.6 Å². The van der Waals surface area contributed by atoms with E-state index in [4.69, 9.17) is 5.11 Å². The molecule has 5 heteroatoms. The summed E-state index contributed by atoms with van der Waals surface area (Å²) in [7, 11) is 0. The summed E-state index contributed by atoms with van der Waals surface area (Å²) in [5.74, 6) is 0.662. The fourth-order valence-corrected chi connectivity index (χ4v) is 1.91. The highest BCUT2D eigenvalue weighted by atomic mass is 79.9. The number of aliphatic hydroxyl groups excluding tert-OH is 1. The van der Waals surface area contributed by atoms with Crippen LogP contribution in [0.3, 0.4) is 0 Å². The van der Waals surface area contributed by atoms with Crippen molar-refractivity contribution < 1.29 is 5.11 Å². The van der Waals surface area contributed by atoms with Gasteiger partial charge in [-0.3, -0.25) is 0 Å². The van der Waals surface area contributed by atoms with Crippen LogP contribution in [0.25, 0.3) is 11.3 Å². The summed E-state index contributed by atoms with van der Waals surface area (Å²) in [5, 5.41) is 19.8. The van der Waals surface area contributed by atoms with Crippen molar-refractivity contribution in [2.24, 2.45) is 0 Å². The third-order valence-electron chi connectivity index (χ3n) is 2.23. The van der Waals surface area contributed by atoms with Crippen molar-refractivity contribution >= 4 is 21.7 Å². The first-order valence-electron chi connectivity index (χ1n) is 5.24. The van der Waals surface area contributed by atoms with Gasteiger partial charge in [-0.25, -0.2) is 0 Å². The van der Waals surface area contributed by atoms with E-state index in [0.29, 0.717) is 12.4 Å². The average molecular weight is 294 g/mol. The molecule has 0 saturated carbocycles. The van der Waals surface area contributed by atoms with Gasteiger partial charge in [-0.1, -0.05) is 34.1 Å². The number of rotatable bonds is 4. The van der Waals surface area contributed by atoms with Crippen molar-refractivity contribution in [2.45, 2.75) is 0 Å². The predicted octanol–water partition coefficient (Wildman–Crippen LogP) is 2.31. The molecule has 17 heavy (non-hydrogen) atoms. The van der Waals surface area contributed by atoms with E-state index in [1.54, 1.807) is 0 Å². The predicted molar refractivity (Wildman–Crippen MR) is 70.7 cm³/mol. The zero-order chi connectivity index (χ0) is 12.1. The molecule has 1 aromatic heterocycles. The number of hydrogen-bond acceptors (Lipinski definition) is 4. The molecule has 4 nitrogen and oxygen atoms in total. The lowest BCUT2D eigenvalue weighted by atomic mass is 10.1. The van der Waals surface area contributed by atoms with E-state index in [9.17, 15) is 0 Å². The summed E-state index contributed by atoms with van der Waals surface area (Å²) >= 11 is 3.48. The fraction of sp³-hybridized carbons (Fsp3) is 0.167. The lowest BCUT2D eigenvalue weighted by Gasteiger charge is -2.05. The fourth-order valence-electron chi connectivity index (χ4n) is 1.42. The molecule has 0 bridgehead atoms. The van der Waals surface area contributed by atoms with E-state index in [0.717, 1.165) is 15.7 Å². The number of nitrogens with one attached hydrogen (secondary N) is 1. The first kappa shape index (κ1) is 12.0. The van der Waals surface area contributed by atoms with Gasteiger partial charge in [0.15, 0.2) is 0 Å². The van der Waals surface area contributed by atoms with Gasteiger partial charge in [-0.05, 0) is 18.2 Å². The van der Waals surface area contributed by atoms with E-state index in [-0.39, 0.29) is 6.61 Å². The van der Waals surface area contributed by atoms with Gasteiger partial charge in [-0.2, -0.15) is 0 Å². The molecule has 1 heterocycles. The molecule has 0 saturated heterocycles. The van der Waals surface area contributed by atoms with Crippen LogP contribution in [-0.2, 0) is 0 Å². The van der Waals surface area contributed by atoms with Gasteiger partial charge in [-0.15, -0.1) is 10.2 Å². The number of anilines is 1. The van der Waals surface area contributed by atoms with E-state index in [2.05, 4.69) is 31.4 Å². The molecule has 0 atom stereocenters. The Morgan fingerprint density at radius 2 is 1.94 bits per heavy atom. The van der Waals surface area contributed by atoms with Crippen molar-refractivity contribution in [3.8, 4) is 11.3 Å². The maximum absolute atomic E-state index is 8.68. The standard InChI is InChI=1S/C12H12BrN3O/c13-10-4-2-1-3-9(10)11-5-6-12(16-15-11)14-7-8-17/h1-6,17H,7-8H2,(H,14,16). The smallest absolute Gasteiger partial charge is 0.148 e. The summed E-state index contributed by atoms with van der Waals surface area (Å²) in [6, 6.07) is 11.6. The molecule has 1 aromatic carbocycles. The average Bonchev–Trinajstić information content (AvgIpc) is 2.38. The Kier molecular flexibility index (Phi) is 4.06. The first-order chi connectivity index (χ1) is 8.31. The van der Waals surface area contributed by atoms with Crippen molar-refractivity contribution in [1.82, 2.24) is 10.2 Å². The Balaban J connectivity index is 2.21. The Labute approximate surface area is 108 Å². The Morgan fingerprint density at radius 3 is 2.59 bits per heavy atom. The molecule has 0 aliphatic carbocycles. The van der Waals surface area contributed by atoms with Gasteiger partial charge >= 0.3 is 0 Å². The van der Waals surface area contributed by atoms with Crippen molar-refractivity contribution in [3.05, 3.63) is 40.9 Å². The van der Waals surface area contributed by atoms with E-state index in [1.165, 1.54) is 0 Å². The topological polar surface area (TPSA) is 58.0 Å². The molecule has 0 unspecified atom stereocenters. The Morgan fingerprint density at radius 1 is 1.12 bits per heavy atom. The second-order valence-electron chi connectivity index (χ2n) is 3.43. The number of halogens is 1. The van der Waals surface area contributed by atoms with Crippen molar-refractivity contribution in [1.29, 1.82) is 0 Å². The highest BCUT2D eigenvalue weighted by molar-refractivity contribution is 9.10. The third-order valence-corrected chi connectivity index (χ3v) is 2.92. The zero-order valence-corrected chi connectivity index (χ0v) is 10.7. The van der Waals surface area contributed by atoms with Crippen molar-refractivity contribution in [2.75, 3.05) is 18.5 Å². The normalized spacial score (nSPS) is 10.2. The maximum Gasteiger partial charge on any atom is 0.148 e. The molecule has 2 rings (SSSR count). The highest BCUT2D eigenvalue weighted by Crippen LogP contribution is 2.25. The quantitative estimate of drug-likeness (QED) is 0.908. The van der Waals surface area contributed by atoms with Crippen LogP contribution in [-0.4, -0.2) is 28.5 Å². The summed E-state index contributed by atoms with van der Waals surface area (Å²) < 4.78 is 0.991. The second-order valence-corrected chi connectivity index (χ2v) is 4.29. The van der Waals surface area contributed by atoms with Gasteiger partial charge in [0.05, 0.1) is 12.3 Å². The highest BCUT2D eigenvalue weighted by Gasteiger charge is 2.04. The first-order valence-corrected chi connectivity index (χ1v) is 6.04. The molecule has 0 aliphatic heterocycles. The summed E-state index contributed by atoms with van der Waals surface area (Å²) in [5.41, 5.74) is 1.82. The zero-order valence-electron chi connectivity index (χ0n) is 9.10. The number of hydrogen-bond donors (Lipinski definition) is 2. The van der Waals surface area contributed by atoms with Crippen LogP contribution in [0.5, 0.6) is 0 Å². The molecule has 0 radical (unpaired) electrons. The number of nitrogens with zero attached hydrogens (tertiary/aromatic N) is 2. The summed E-state index contributed by atoms with van der Waals surface area (Å²) in [6.07, 6.45) is 0. The molecule has 0 fully saturated rings. The van der Waals surface area contributed by atoms with Gasteiger partial charge in [0.1, 0.15) is 5.82 Å². The molecular weight excluding hydrogens is 282 g/mol. The van der Waals surface area contributed by atoms with Crippen LogP contribution in [0.4, 0.5) is 5.82 Å². The van der Waals surface area contributed by atoms with Gasteiger partial charge < -0.3 is 10.4 Å². The molecule has 2 aromatic rings. The van der Waals surface area contributed by atoms with Crippen LogP contribution in [0.1, 0.15) is 0 Å². The molecule has 0 aliphatic rings. The lowest BCUT2D eigenvalue weighted by molar-refractivity contribution is 0.311. The SMILES string of the molecule is OCCNc1ccc(-c2ccccc2Br)nn1. The van der Waals surface area contributed by atoms with Crippen LogP contribution >= 0.6 is 15.9 Å². The third kappa shape index (κ3) is 3.01. The monoisotopic (exact) mass is 293 g/mol. The minimum atomic E-state index is 0.0770. The molecule has 2 N–H and O–H groups in total. The van der Waals surface area contributed by atoms with Gasteiger partial charge in [0.25, 0.3) is 0 Å². The minimum Gasteiger partial charge on any atom is -0.395 e. The Bertz CT molecular complexity index is 487. The molecule has 0 amide bonds. The lowest BCUT2D eigenvalue weighted by Crippen LogP contribution is -2.07. The minimum absolute atomic E-state index is 0.0770. The van der Waals surface area contributed by atoms with Gasteiger partial charge in [0.2, 0.25) is 0 Å².